The Morgan fingerprint density at radius 2 is 2.00 bits per heavy atom. The van der Waals surface area contributed by atoms with Crippen molar-refractivity contribution in [2.24, 2.45) is 0 Å². The molecule has 0 aliphatic heterocycles. The second-order valence-corrected chi connectivity index (χ2v) is 3.93. The number of anilines is 1. The molecule has 2 N–H and O–H groups in total. The van der Waals surface area contributed by atoms with Crippen LogP contribution in [-0.4, -0.2) is 4.98 Å². The summed E-state index contributed by atoms with van der Waals surface area (Å²) in [6.07, 6.45) is 2.05. The predicted molar refractivity (Wildman–Crippen MR) is 69.2 cm³/mol. The summed E-state index contributed by atoms with van der Waals surface area (Å²) in [6.45, 7) is 1.90. The maximum Gasteiger partial charge on any atom is 0.242 e. The van der Waals surface area contributed by atoms with Crippen molar-refractivity contribution in [3.63, 3.8) is 0 Å². The Hall–Kier alpha value is -2.54. The van der Waals surface area contributed by atoms with E-state index < -0.39 is 0 Å². The number of aromatic nitrogens is 1. The van der Waals surface area contributed by atoms with Crippen molar-refractivity contribution in [3.05, 3.63) is 47.7 Å². The van der Waals surface area contributed by atoms with Crippen molar-refractivity contribution in [1.82, 2.24) is 4.98 Å². The molecule has 4 nitrogen and oxygen atoms in total. The van der Waals surface area contributed by atoms with Crippen LogP contribution in [0.1, 0.15) is 11.1 Å². The van der Waals surface area contributed by atoms with Crippen molar-refractivity contribution in [1.29, 1.82) is 5.26 Å². The van der Waals surface area contributed by atoms with E-state index in [2.05, 4.69) is 11.1 Å². The lowest BCUT2D eigenvalue weighted by Crippen LogP contribution is -1.97. The molecule has 0 atom stereocenters. The highest BCUT2D eigenvalue weighted by Crippen LogP contribution is 2.27. The van der Waals surface area contributed by atoms with Gasteiger partial charge in [-0.05, 0) is 36.2 Å². The molecule has 2 aromatic rings. The predicted octanol–water partition coefficient (Wildman–Crippen LogP) is 2.83. The maximum absolute atomic E-state index is 8.58. The number of nitrogens with zero attached hydrogens (tertiary/aromatic N) is 2. The van der Waals surface area contributed by atoms with Gasteiger partial charge in [-0.15, -0.1) is 0 Å². The Bertz CT molecular complexity index is 585. The zero-order valence-electron chi connectivity index (χ0n) is 10.1. The molecule has 2 rings (SSSR count). The number of nitrogen functional groups attached to an aromatic ring is 1. The van der Waals surface area contributed by atoms with Gasteiger partial charge >= 0.3 is 0 Å². The van der Waals surface area contributed by atoms with Crippen LogP contribution in [0.3, 0.4) is 0 Å². The average Bonchev–Trinajstić information content (AvgIpc) is 2.38. The Morgan fingerprint density at radius 3 is 2.67 bits per heavy atom. The Labute approximate surface area is 106 Å². The topological polar surface area (TPSA) is 71.9 Å². The summed E-state index contributed by atoms with van der Waals surface area (Å²) < 4.78 is 5.60. The SMILES string of the molecule is Cc1ccnc(Oc2ccc(CC#N)cc2)c1N. The van der Waals surface area contributed by atoms with Crippen LogP contribution in [0.5, 0.6) is 11.6 Å². The lowest BCUT2D eigenvalue weighted by atomic mass is 10.2. The van der Waals surface area contributed by atoms with Gasteiger partial charge < -0.3 is 10.5 Å². The summed E-state index contributed by atoms with van der Waals surface area (Å²) >= 11 is 0. The molecule has 0 saturated carbocycles. The fraction of sp³-hybridized carbons (Fsp3) is 0.143. The highest BCUT2D eigenvalue weighted by molar-refractivity contribution is 5.55. The third kappa shape index (κ3) is 2.58. The van der Waals surface area contributed by atoms with Crippen molar-refractivity contribution in [2.45, 2.75) is 13.3 Å². The molecule has 18 heavy (non-hydrogen) atoms. The summed E-state index contributed by atoms with van der Waals surface area (Å²) in [5, 5.41) is 8.58. The summed E-state index contributed by atoms with van der Waals surface area (Å²) in [5.74, 6) is 1.06. The van der Waals surface area contributed by atoms with Gasteiger partial charge in [0.2, 0.25) is 5.88 Å². The van der Waals surface area contributed by atoms with Crippen molar-refractivity contribution in [3.8, 4) is 17.7 Å². The molecular formula is C14H13N3O. The molecule has 90 valence electrons. The van der Waals surface area contributed by atoms with Crippen LogP contribution in [0.25, 0.3) is 0 Å². The molecule has 0 unspecified atom stereocenters. The smallest absolute Gasteiger partial charge is 0.242 e. The molecule has 1 aromatic heterocycles. The van der Waals surface area contributed by atoms with Crippen LogP contribution in [0.4, 0.5) is 5.69 Å². The van der Waals surface area contributed by atoms with Crippen molar-refractivity contribution >= 4 is 5.69 Å². The normalized spacial score (nSPS) is 9.78. The molecule has 0 bridgehead atoms. The Morgan fingerprint density at radius 1 is 1.28 bits per heavy atom. The molecule has 1 aromatic carbocycles. The third-order valence-electron chi connectivity index (χ3n) is 2.59. The summed E-state index contributed by atoms with van der Waals surface area (Å²) in [5.41, 5.74) is 8.30. The molecule has 4 heteroatoms. The minimum Gasteiger partial charge on any atom is -0.437 e. The molecule has 0 aliphatic rings. The van der Waals surface area contributed by atoms with E-state index in [1.807, 2.05) is 25.1 Å². The van der Waals surface area contributed by atoms with Gasteiger partial charge in [-0.25, -0.2) is 4.98 Å². The van der Waals surface area contributed by atoms with Gasteiger partial charge in [-0.3, -0.25) is 0 Å². The van der Waals surface area contributed by atoms with Crippen LogP contribution < -0.4 is 10.5 Å². The largest absolute Gasteiger partial charge is 0.437 e. The fourth-order valence-corrected chi connectivity index (χ4v) is 1.50. The average molecular weight is 239 g/mol. The second kappa shape index (κ2) is 5.19. The van der Waals surface area contributed by atoms with Crippen LogP contribution in [0.2, 0.25) is 0 Å². The van der Waals surface area contributed by atoms with Crippen LogP contribution in [-0.2, 0) is 6.42 Å². The quantitative estimate of drug-likeness (QED) is 0.893. The molecule has 0 spiro atoms. The lowest BCUT2D eigenvalue weighted by molar-refractivity contribution is 0.465. The number of rotatable bonds is 3. The van der Waals surface area contributed by atoms with Crippen molar-refractivity contribution in [2.75, 3.05) is 5.73 Å². The monoisotopic (exact) mass is 239 g/mol. The second-order valence-electron chi connectivity index (χ2n) is 3.93. The maximum atomic E-state index is 8.58. The van der Waals surface area contributed by atoms with Gasteiger partial charge in [0.15, 0.2) is 0 Å². The first kappa shape index (κ1) is 11.9. The number of hydrogen-bond acceptors (Lipinski definition) is 4. The third-order valence-corrected chi connectivity index (χ3v) is 2.59. The van der Waals surface area contributed by atoms with Gasteiger partial charge in [0.05, 0.1) is 18.2 Å². The molecule has 0 amide bonds. The minimum absolute atomic E-state index is 0.394. The first-order valence-corrected chi connectivity index (χ1v) is 5.55. The van der Waals surface area contributed by atoms with Gasteiger partial charge in [0, 0.05) is 6.20 Å². The Balaban J connectivity index is 2.19. The zero-order chi connectivity index (χ0) is 13.0. The van der Waals surface area contributed by atoms with E-state index in [9.17, 15) is 0 Å². The highest BCUT2D eigenvalue weighted by Gasteiger charge is 2.05. The van der Waals surface area contributed by atoms with E-state index >= 15 is 0 Å². The van der Waals surface area contributed by atoms with Gasteiger partial charge in [0.1, 0.15) is 5.75 Å². The first-order valence-electron chi connectivity index (χ1n) is 5.55. The van der Waals surface area contributed by atoms with E-state index in [0.29, 0.717) is 23.7 Å². The molecular weight excluding hydrogens is 226 g/mol. The van der Waals surface area contributed by atoms with Gasteiger partial charge in [-0.2, -0.15) is 5.26 Å². The van der Waals surface area contributed by atoms with E-state index in [4.69, 9.17) is 15.7 Å². The number of pyridine rings is 1. The first-order chi connectivity index (χ1) is 8.70. The number of nitriles is 1. The minimum atomic E-state index is 0.394. The molecule has 1 heterocycles. The number of ether oxygens (including phenoxy) is 1. The van der Waals surface area contributed by atoms with Crippen LogP contribution in [0, 0.1) is 18.3 Å². The number of benzene rings is 1. The van der Waals surface area contributed by atoms with E-state index in [1.165, 1.54) is 0 Å². The summed E-state index contributed by atoms with van der Waals surface area (Å²) in [6, 6.07) is 11.2. The molecule has 0 aliphatic carbocycles. The van der Waals surface area contributed by atoms with Crippen molar-refractivity contribution < 1.29 is 4.74 Å². The van der Waals surface area contributed by atoms with Crippen LogP contribution >= 0.6 is 0 Å². The van der Waals surface area contributed by atoms with Gasteiger partial charge in [0.25, 0.3) is 0 Å². The lowest BCUT2D eigenvalue weighted by Gasteiger charge is -2.08. The molecule has 0 saturated heterocycles. The van der Waals surface area contributed by atoms with E-state index in [1.54, 1.807) is 18.3 Å². The van der Waals surface area contributed by atoms with Crippen LogP contribution in [0.15, 0.2) is 36.5 Å². The zero-order valence-corrected chi connectivity index (χ0v) is 10.1. The van der Waals surface area contributed by atoms with E-state index in [0.717, 1.165) is 11.1 Å². The Kier molecular flexibility index (Phi) is 3.44. The van der Waals surface area contributed by atoms with E-state index in [-0.39, 0.29) is 0 Å². The highest BCUT2D eigenvalue weighted by atomic mass is 16.5. The van der Waals surface area contributed by atoms with Gasteiger partial charge in [-0.1, -0.05) is 12.1 Å². The summed E-state index contributed by atoms with van der Waals surface area (Å²) in [7, 11) is 0. The number of aryl methyl sites for hydroxylation is 1. The standard InChI is InChI=1S/C14H13N3O/c1-10-7-9-17-14(13(10)16)18-12-4-2-11(3-5-12)6-8-15/h2-5,7,9H,6,16H2,1H3. The molecule has 0 radical (unpaired) electrons. The molecule has 0 fully saturated rings. The fourth-order valence-electron chi connectivity index (χ4n) is 1.50. The summed E-state index contributed by atoms with van der Waals surface area (Å²) in [4.78, 5) is 4.09. The number of hydrogen-bond donors (Lipinski definition) is 1. The number of nitrogens with two attached hydrogens (primary N) is 1.